The van der Waals surface area contributed by atoms with Crippen LogP contribution in [0.15, 0.2) is 194 Å². The summed E-state index contributed by atoms with van der Waals surface area (Å²) in [4.78, 5) is 2.54. The van der Waals surface area contributed by atoms with Gasteiger partial charge in [-0.15, -0.1) is 0 Å². The van der Waals surface area contributed by atoms with Gasteiger partial charge in [-0.05, 0) is 66.0 Å². The second-order valence-corrected chi connectivity index (χ2v) is 13.2. The molecule has 3 heteroatoms. The average Bonchev–Trinajstić information content (AvgIpc) is 3.58. The molecular formula is C47H36BNO. The van der Waals surface area contributed by atoms with Gasteiger partial charge in [0.2, 0.25) is 0 Å². The third-order valence-corrected chi connectivity index (χ3v) is 10.3. The van der Waals surface area contributed by atoms with Gasteiger partial charge in [-0.2, -0.15) is 0 Å². The van der Waals surface area contributed by atoms with Gasteiger partial charge < -0.3 is 9.47 Å². The number of hydrogen-bond donors (Lipinski definition) is 0. The molecule has 1 aliphatic rings. The zero-order chi connectivity index (χ0) is 33.3. The van der Waals surface area contributed by atoms with Gasteiger partial charge in [-0.3, -0.25) is 0 Å². The third-order valence-electron chi connectivity index (χ3n) is 10.3. The molecule has 0 unspecified atom stereocenters. The molecule has 1 fully saturated rings. The lowest BCUT2D eigenvalue weighted by molar-refractivity contribution is 0.146. The fourth-order valence-corrected chi connectivity index (χ4v) is 7.96. The average molecular weight is 642 g/mol. The van der Waals surface area contributed by atoms with Crippen molar-refractivity contribution in [2.24, 2.45) is 0 Å². The molecule has 50 heavy (non-hydrogen) atoms. The molecule has 0 amide bonds. The van der Waals surface area contributed by atoms with Crippen molar-refractivity contribution in [3.8, 4) is 22.3 Å². The van der Waals surface area contributed by atoms with E-state index in [4.69, 9.17) is 4.65 Å². The molecule has 0 aromatic heterocycles. The van der Waals surface area contributed by atoms with Crippen molar-refractivity contribution in [1.82, 2.24) is 4.81 Å². The van der Waals surface area contributed by atoms with Crippen LogP contribution in [0, 0.1) is 0 Å². The van der Waals surface area contributed by atoms with E-state index in [1.54, 1.807) is 0 Å². The first-order chi connectivity index (χ1) is 24.8. The van der Waals surface area contributed by atoms with Crippen LogP contribution in [0.25, 0.3) is 43.8 Å². The van der Waals surface area contributed by atoms with E-state index in [1.807, 2.05) is 0 Å². The van der Waals surface area contributed by atoms with Crippen LogP contribution in [0.1, 0.15) is 16.7 Å². The lowest BCUT2D eigenvalue weighted by Crippen LogP contribution is -2.45. The summed E-state index contributed by atoms with van der Waals surface area (Å²) in [6.07, 6.45) is 0. The molecule has 0 N–H and O–H groups in total. The molecule has 2 nitrogen and oxygen atoms in total. The SMILES string of the molecule is c1ccc(CN2CC(c3ccccc3)(c3ccccc3)OB2c2ccc3ccccc3c2-c2c(-c3ccccc3)ccc3ccccc23)cc1. The lowest BCUT2D eigenvalue weighted by Gasteiger charge is -2.31. The minimum absolute atomic E-state index is 0.335. The predicted molar refractivity (Wildman–Crippen MR) is 209 cm³/mol. The molecule has 0 bridgehead atoms. The topological polar surface area (TPSA) is 12.5 Å². The summed E-state index contributed by atoms with van der Waals surface area (Å²) < 4.78 is 7.69. The van der Waals surface area contributed by atoms with E-state index in [1.165, 1.54) is 54.8 Å². The van der Waals surface area contributed by atoms with E-state index in [-0.39, 0.29) is 7.05 Å². The van der Waals surface area contributed by atoms with Crippen LogP contribution in [0.3, 0.4) is 0 Å². The Morgan fingerprint density at radius 2 is 0.980 bits per heavy atom. The third kappa shape index (κ3) is 5.32. The van der Waals surface area contributed by atoms with E-state index in [0.29, 0.717) is 6.54 Å². The summed E-state index contributed by atoms with van der Waals surface area (Å²) in [7, 11) is -0.335. The number of nitrogens with zero attached hydrogens (tertiary/aromatic N) is 1. The van der Waals surface area contributed by atoms with Crippen molar-refractivity contribution >= 4 is 34.1 Å². The summed E-state index contributed by atoms with van der Waals surface area (Å²) in [5.74, 6) is 0. The second-order valence-electron chi connectivity index (χ2n) is 13.2. The van der Waals surface area contributed by atoms with Gasteiger partial charge >= 0.3 is 7.05 Å². The van der Waals surface area contributed by atoms with Gasteiger partial charge in [-0.1, -0.05) is 194 Å². The van der Waals surface area contributed by atoms with Crippen LogP contribution in [0.4, 0.5) is 0 Å². The Balaban J connectivity index is 1.34. The van der Waals surface area contributed by atoms with E-state index in [0.717, 1.165) is 17.7 Å². The highest BCUT2D eigenvalue weighted by Gasteiger charge is 2.51. The number of hydrogen-bond acceptors (Lipinski definition) is 2. The number of benzene rings is 8. The molecule has 9 rings (SSSR count). The number of fused-ring (bicyclic) bond motifs is 2. The smallest absolute Gasteiger partial charge is 0.402 e. The first kappa shape index (κ1) is 30.3. The largest absolute Gasteiger partial charge is 0.420 e. The van der Waals surface area contributed by atoms with Gasteiger partial charge in [0.05, 0.1) is 0 Å². The van der Waals surface area contributed by atoms with Gasteiger partial charge in [-0.25, -0.2) is 0 Å². The van der Waals surface area contributed by atoms with E-state index >= 15 is 0 Å². The van der Waals surface area contributed by atoms with Crippen LogP contribution < -0.4 is 5.46 Å². The Kier molecular flexibility index (Phi) is 7.85. The van der Waals surface area contributed by atoms with Crippen molar-refractivity contribution < 1.29 is 4.65 Å². The van der Waals surface area contributed by atoms with Crippen LogP contribution in [0.5, 0.6) is 0 Å². The summed E-state index contributed by atoms with van der Waals surface area (Å²) in [6, 6.07) is 69.9. The van der Waals surface area contributed by atoms with Gasteiger partial charge in [0.1, 0.15) is 5.60 Å². The molecule has 1 saturated heterocycles. The summed E-state index contributed by atoms with van der Waals surface area (Å²) >= 11 is 0. The monoisotopic (exact) mass is 641 g/mol. The predicted octanol–water partition coefficient (Wildman–Crippen LogP) is 10.5. The maximum Gasteiger partial charge on any atom is 0.420 e. The van der Waals surface area contributed by atoms with E-state index in [2.05, 4.69) is 199 Å². The summed E-state index contributed by atoms with van der Waals surface area (Å²) in [6.45, 7) is 1.45. The second kappa shape index (κ2) is 12.9. The van der Waals surface area contributed by atoms with E-state index < -0.39 is 5.60 Å². The molecule has 0 atom stereocenters. The van der Waals surface area contributed by atoms with Gasteiger partial charge in [0.25, 0.3) is 0 Å². The number of rotatable bonds is 7. The van der Waals surface area contributed by atoms with Crippen molar-refractivity contribution in [3.63, 3.8) is 0 Å². The summed E-state index contributed by atoms with van der Waals surface area (Å²) in [5.41, 5.74) is 8.94. The Morgan fingerprint density at radius 1 is 0.480 bits per heavy atom. The molecule has 1 heterocycles. The maximum atomic E-state index is 7.69. The molecule has 238 valence electrons. The van der Waals surface area contributed by atoms with Crippen molar-refractivity contribution in [2.75, 3.05) is 6.54 Å². The highest BCUT2D eigenvalue weighted by molar-refractivity contribution is 6.68. The van der Waals surface area contributed by atoms with Crippen LogP contribution in [0.2, 0.25) is 0 Å². The van der Waals surface area contributed by atoms with Gasteiger partial charge in [0, 0.05) is 13.1 Å². The lowest BCUT2D eigenvalue weighted by atomic mass is 9.66. The van der Waals surface area contributed by atoms with Crippen LogP contribution >= 0.6 is 0 Å². The molecular weight excluding hydrogens is 605 g/mol. The van der Waals surface area contributed by atoms with Crippen LogP contribution in [-0.4, -0.2) is 18.4 Å². The first-order valence-corrected chi connectivity index (χ1v) is 17.4. The first-order valence-electron chi connectivity index (χ1n) is 17.4. The fraction of sp³-hybridized carbons (Fsp3) is 0.0638. The highest BCUT2D eigenvalue weighted by atomic mass is 16.5. The zero-order valence-corrected chi connectivity index (χ0v) is 27.8. The molecule has 0 aliphatic carbocycles. The molecule has 1 aliphatic heterocycles. The Morgan fingerprint density at radius 3 is 1.60 bits per heavy atom. The Labute approximate surface area is 294 Å². The molecule has 8 aromatic carbocycles. The molecule has 8 aromatic rings. The summed E-state index contributed by atoms with van der Waals surface area (Å²) in [5, 5.41) is 4.89. The fourth-order valence-electron chi connectivity index (χ4n) is 7.96. The standard InChI is InChI=1S/C47H36BNO/c1-5-17-35(18-6-1)33-49-34-47(39-23-9-3-10-24-39,40-25-11-4-12-26-40)50-48(49)44-32-30-38-22-14-16-28-42(38)46(44)45-41-27-15-13-21-37(41)29-31-43(45)36-19-7-2-8-20-36/h1-32H,33-34H2. The van der Waals surface area contributed by atoms with Gasteiger partial charge in [0.15, 0.2) is 0 Å². The zero-order valence-electron chi connectivity index (χ0n) is 27.8. The Hall–Kier alpha value is -5.74. The molecule has 0 spiro atoms. The van der Waals surface area contributed by atoms with Crippen LogP contribution in [-0.2, 0) is 16.8 Å². The minimum atomic E-state index is -0.675. The van der Waals surface area contributed by atoms with Crippen molar-refractivity contribution in [3.05, 3.63) is 211 Å². The molecule has 0 saturated carbocycles. The van der Waals surface area contributed by atoms with E-state index in [9.17, 15) is 0 Å². The maximum absolute atomic E-state index is 7.69. The quantitative estimate of drug-likeness (QED) is 0.161. The van der Waals surface area contributed by atoms with Crippen molar-refractivity contribution in [2.45, 2.75) is 12.1 Å². The Bertz CT molecular complexity index is 2370. The highest BCUT2D eigenvalue weighted by Crippen LogP contribution is 2.44. The minimum Gasteiger partial charge on any atom is -0.402 e. The normalized spacial score (nSPS) is 14.4. The van der Waals surface area contributed by atoms with Crippen molar-refractivity contribution in [1.29, 1.82) is 0 Å². The molecule has 0 radical (unpaired) electrons.